The molecule has 5 nitrogen and oxygen atoms in total. The Hall–Kier alpha value is -0.290. The first-order valence-corrected chi connectivity index (χ1v) is 8.75. The van der Waals surface area contributed by atoms with E-state index in [0.717, 1.165) is 19.5 Å². The summed E-state index contributed by atoms with van der Waals surface area (Å²) < 4.78 is 40.3. The van der Waals surface area contributed by atoms with Crippen LogP contribution < -0.4 is 10.6 Å². The molecule has 9 heteroatoms. The molecule has 0 aromatic heterocycles. The van der Waals surface area contributed by atoms with E-state index in [9.17, 15) is 13.2 Å². The van der Waals surface area contributed by atoms with Crippen molar-refractivity contribution in [2.45, 2.75) is 51.2 Å². The molecule has 1 aliphatic rings. The largest absolute Gasteiger partial charge is 0.411 e. The molecular weight excluding hydrogens is 448 g/mol. The maximum Gasteiger partial charge on any atom is 0.411 e. The second-order valence-electron chi connectivity index (χ2n) is 6.18. The molecule has 1 heterocycles. The second kappa shape index (κ2) is 13.9. The SMILES string of the molecule is CN=C(NCCCOCC(F)(F)F)NCCCN1CCCCC1C.I. The number of nitrogens with one attached hydrogen (secondary N) is 2. The highest BCUT2D eigenvalue weighted by Crippen LogP contribution is 2.16. The van der Waals surface area contributed by atoms with Gasteiger partial charge in [-0.05, 0) is 39.2 Å². The lowest BCUT2D eigenvalue weighted by molar-refractivity contribution is -0.173. The Morgan fingerprint density at radius 1 is 1.20 bits per heavy atom. The van der Waals surface area contributed by atoms with Crippen molar-refractivity contribution in [1.29, 1.82) is 0 Å². The second-order valence-corrected chi connectivity index (χ2v) is 6.18. The molecule has 0 radical (unpaired) electrons. The zero-order chi connectivity index (χ0) is 17.8. The van der Waals surface area contributed by atoms with Crippen LogP contribution in [0.4, 0.5) is 13.2 Å². The van der Waals surface area contributed by atoms with Crippen LogP contribution >= 0.6 is 24.0 Å². The number of likely N-dealkylation sites (tertiary alicyclic amines) is 1. The Labute approximate surface area is 166 Å². The molecule has 0 aliphatic carbocycles. The van der Waals surface area contributed by atoms with E-state index >= 15 is 0 Å². The monoisotopic (exact) mass is 480 g/mol. The first-order chi connectivity index (χ1) is 11.4. The van der Waals surface area contributed by atoms with Gasteiger partial charge in [0.1, 0.15) is 6.61 Å². The number of halogens is 4. The molecule has 0 bridgehead atoms. The fraction of sp³-hybridized carbons (Fsp3) is 0.938. The van der Waals surface area contributed by atoms with Crippen LogP contribution in [0.3, 0.4) is 0 Å². The molecule has 1 fully saturated rings. The van der Waals surface area contributed by atoms with E-state index in [4.69, 9.17) is 0 Å². The maximum atomic E-state index is 11.9. The fourth-order valence-electron chi connectivity index (χ4n) is 2.77. The Balaban J connectivity index is 0.00000576. The molecule has 0 saturated carbocycles. The summed E-state index contributed by atoms with van der Waals surface area (Å²) in [6.07, 6.45) is 1.20. The summed E-state index contributed by atoms with van der Waals surface area (Å²) in [5.74, 6) is 0.678. The number of aliphatic imine (C=N–C) groups is 1. The summed E-state index contributed by atoms with van der Waals surface area (Å²) >= 11 is 0. The molecule has 0 spiro atoms. The van der Waals surface area contributed by atoms with Gasteiger partial charge in [-0.15, -0.1) is 24.0 Å². The molecule has 1 atom stereocenters. The van der Waals surface area contributed by atoms with Crippen molar-refractivity contribution < 1.29 is 17.9 Å². The van der Waals surface area contributed by atoms with Crippen molar-refractivity contribution in [2.75, 3.05) is 46.4 Å². The summed E-state index contributed by atoms with van der Waals surface area (Å²) in [5.41, 5.74) is 0. The van der Waals surface area contributed by atoms with E-state index in [0.29, 0.717) is 25.0 Å². The minimum absolute atomic E-state index is 0. The van der Waals surface area contributed by atoms with Gasteiger partial charge in [0.25, 0.3) is 0 Å². The van der Waals surface area contributed by atoms with E-state index in [1.54, 1.807) is 7.05 Å². The van der Waals surface area contributed by atoms with Crippen molar-refractivity contribution in [3.05, 3.63) is 0 Å². The fourth-order valence-corrected chi connectivity index (χ4v) is 2.77. The third-order valence-corrected chi connectivity index (χ3v) is 4.10. The number of hydrogen-bond acceptors (Lipinski definition) is 3. The molecule has 1 saturated heterocycles. The summed E-state index contributed by atoms with van der Waals surface area (Å²) in [6, 6.07) is 0.674. The smallest absolute Gasteiger partial charge is 0.372 e. The molecule has 0 aromatic carbocycles. The van der Waals surface area contributed by atoms with E-state index < -0.39 is 12.8 Å². The molecule has 1 aliphatic heterocycles. The standard InChI is InChI=1S/C16H31F3N4O.HI/c1-14-7-3-4-10-23(14)11-5-8-21-15(20-2)22-9-6-12-24-13-16(17,18)19;/h14H,3-13H2,1-2H3,(H2,20,21,22);1H. The summed E-state index contributed by atoms with van der Waals surface area (Å²) in [4.78, 5) is 6.63. The summed E-state index contributed by atoms with van der Waals surface area (Å²) in [5, 5.41) is 6.31. The van der Waals surface area contributed by atoms with Crippen LogP contribution in [0, 0.1) is 0 Å². The highest BCUT2D eigenvalue weighted by atomic mass is 127. The van der Waals surface area contributed by atoms with Gasteiger partial charge in [0.15, 0.2) is 5.96 Å². The van der Waals surface area contributed by atoms with E-state index in [1.165, 1.54) is 25.8 Å². The van der Waals surface area contributed by atoms with Crippen molar-refractivity contribution in [3.8, 4) is 0 Å². The number of nitrogens with zero attached hydrogens (tertiary/aromatic N) is 2. The van der Waals surface area contributed by atoms with Crippen LogP contribution in [0.5, 0.6) is 0 Å². The number of hydrogen-bond donors (Lipinski definition) is 2. The first-order valence-electron chi connectivity index (χ1n) is 8.75. The maximum absolute atomic E-state index is 11.9. The van der Waals surface area contributed by atoms with Crippen LogP contribution in [-0.4, -0.2) is 69.5 Å². The lowest BCUT2D eigenvalue weighted by Crippen LogP contribution is -2.41. The van der Waals surface area contributed by atoms with Gasteiger partial charge >= 0.3 is 6.18 Å². The number of piperidine rings is 1. The third kappa shape index (κ3) is 12.7. The van der Waals surface area contributed by atoms with Crippen LogP contribution in [0.2, 0.25) is 0 Å². The van der Waals surface area contributed by atoms with Gasteiger partial charge in [0.2, 0.25) is 0 Å². The van der Waals surface area contributed by atoms with Gasteiger partial charge in [-0.3, -0.25) is 4.99 Å². The Kier molecular flexibility index (Phi) is 13.7. The van der Waals surface area contributed by atoms with Gasteiger partial charge in [-0.1, -0.05) is 6.42 Å². The van der Waals surface area contributed by atoms with E-state index in [1.807, 2.05) is 0 Å². The predicted molar refractivity (Wildman–Crippen MR) is 106 cm³/mol. The first kappa shape index (κ1) is 24.7. The zero-order valence-corrected chi connectivity index (χ0v) is 17.5. The minimum atomic E-state index is -4.25. The molecule has 0 amide bonds. The number of rotatable bonds is 9. The zero-order valence-electron chi connectivity index (χ0n) is 15.2. The number of ether oxygens (including phenoxy) is 1. The van der Waals surface area contributed by atoms with Gasteiger partial charge in [-0.2, -0.15) is 13.2 Å². The molecule has 0 aromatic rings. The minimum Gasteiger partial charge on any atom is -0.372 e. The molecule has 1 rings (SSSR count). The summed E-state index contributed by atoms with van der Waals surface area (Å²) in [7, 11) is 1.68. The van der Waals surface area contributed by atoms with Gasteiger partial charge in [0, 0.05) is 39.3 Å². The Bertz CT molecular complexity index is 370. The number of guanidine groups is 1. The average molecular weight is 480 g/mol. The van der Waals surface area contributed by atoms with E-state index in [-0.39, 0.29) is 30.6 Å². The summed E-state index contributed by atoms with van der Waals surface area (Å²) in [6.45, 7) is 4.80. The van der Waals surface area contributed by atoms with Crippen molar-refractivity contribution in [3.63, 3.8) is 0 Å². The molecule has 150 valence electrons. The molecule has 25 heavy (non-hydrogen) atoms. The normalized spacial score (nSPS) is 19.4. The van der Waals surface area contributed by atoms with Gasteiger partial charge in [0.05, 0.1) is 0 Å². The van der Waals surface area contributed by atoms with Crippen LogP contribution in [-0.2, 0) is 4.74 Å². The van der Waals surface area contributed by atoms with E-state index in [2.05, 4.69) is 32.2 Å². The highest BCUT2D eigenvalue weighted by Gasteiger charge is 2.27. The van der Waals surface area contributed by atoms with Crippen molar-refractivity contribution >= 4 is 29.9 Å². The topological polar surface area (TPSA) is 48.9 Å². The highest BCUT2D eigenvalue weighted by molar-refractivity contribution is 14.0. The third-order valence-electron chi connectivity index (χ3n) is 4.10. The lowest BCUT2D eigenvalue weighted by atomic mass is 10.0. The Morgan fingerprint density at radius 2 is 1.88 bits per heavy atom. The molecule has 1 unspecified atom stereocenters. The van der Waals surface area contributed by atoms with Gasteiger partial charge in [-0.25, -0.2) is 0 Å². The lowest BCUT2D eigenvalue weighted by Gasteiger charge is -2.33. The quantitative estimate of drug-likeness (QED) is 0.231. The predicted octanol–water partition coefficient (Wildman–Crippen LogP) is 3.00. The van der Waals surface area contributed by atoms with Crippen LogP contribution in [0.15, 0.2) is 4.99 Å². The van der Waals surface area contributed by atoms with Crippen molar-refractivity contribution in [2.24, 2.45) is 4.99 Å². The van der Waals surface area contributed by atoms with Crippen LogP contribution in [0.25, 0.3) is 0 Å². The van der Waals surface area contributed by atoms with Crippen molar-refractivity contribution in [1.82, 2.24) is 15.5 Å². The Morgan fingerprint density at radius 3 is 2.48 bits per heavy atom. The average Bonchev–Trinajstić information content (AvgIpc) is 2.53. The number of alkyl halides is 3. The van der Waals surface area contributed by atoms with Crippen LogP contribution in [0.1, 0.15) is 39.0 Å². The molecular formula is C16H32F3IN4O. The molecule has 2 N–H and O–H groups in total. The van der Waals surface area contributed by atoms with Gasteiger partial charge < -0.3 is 20.3 Å².